The minimum Gasteiger partial charge on any atom is -0.394 e. The predicted molar refractivity (Wildman–Crippen MR) is 86.8 cm³/mol. The Morgan fingerprint density at radius 1 is 1.36 bits per heavy atom. The van der Waals surface area contributed by atoms with E-state index in [-0.39, 0.29) is 24.5 Å². The molecule has 5 nitrogen and oxygen atoms in total. The first-order valence-electron chi connectivity index (χ1n) is 7.83. The van der Waals surface area contributed by atoms with E-state index in [0.717, 1.165) is 11.3 Å². The second kappa shape index (κ2) is 8.29. The fourth-order valence-corrected chi connectivity index (χ4v) is 3.74. The number of amides is 2. The molecule has 22 heavy (non-hydrogen) atoms. The minimum atomic E-state index is -0.170. The molecule has 2 amide bonds. The Morgan fingerprint density at radius 3 is 2.73 bits per heavy atom. The standard InChI is InChI=1S/C16H24N2O3S/c1-11(20)17-9-14-6-7-15(22-14)16(21)18-13(10-19)8-12-4-2-3-5-12/h6-7,12-13,19H,2-5,8-10H2,1H3,(H,17,20)(H,18,21). The summed E-state index contributed by atoms with van der Waals surface area (Å²) < 4.78 is 0. The predicted octanol–water partition coefficient (Wildman–Crippen LogP) is 2.06. The lowest BCUT2D eigenvalue weighted by atomic mass is 9.99. The average molecular weight is 324 g/mol. The van der Waals surface area contributed by atoms with E-state index in [2.05, 4.69) is 10.6 Å². The van der Waals surface area contributed by atoms with Gasteiger partial charge in [0.15, 0.2) is 0 Å². The van der Waals surface area contributed by atoms with Crippen molar-refractivity contribution in [3.8, 4) is 0 Å². The molecule has 1 aliphatic rings. The SMILES string of the molecule is CC(=O)NCc1ccc(C(=O)NC(CO)CC2CCCC2)s1. The van der Waals surface area contributed by atoms with Gasteiger partial charge >= 0.3 is 0 Å². The molecule has 3 N–H and O–H groups in total. The summed E-state index contributed by atoms with van der Waals surface area (Å²) in [6.07, 6.45) is 5.77. The Kier molecular flexibility index (Phi) is 6.39. The molecular weight excluding hydrogens is 300 g/mol. The third kappa shape index (κ3) is 5.10. The van der Waals surface area contributed by atoms with E-state index in [0.29, 0.717) is 17.3 Å². The van der Waals surface area contributed by atoms with Crippen molar-refractivity contribution in [2.24, 2.45) is 5.92 Å². The van der Waals surface area contributed by atoms with Gasteiger partial charge in [-0.1, -0.05) is 25.7 Å². The van der Waals surface area contributed by atoms with Gasteiger partial charge < -0.3 is 15.7 Å². The molecule has 6 heteroatoms. The number of carbonyl (C=O) groups is 2. The van der Waals surface area contributed by atoms with Crippen LogP contribution in [0, 0.1) is 5.92 Å². The maximum Gasteiger partial charge on any atom is 0.261 e. The molecule has 122 valence electrons. The van der Waals surface area contributed by atoms with Gasteiger partial charge in [0.25, 0.3) is 5.91 Å². The maximum absolute atomic E-state index is 12.2. The normalized spacial score (nSPS) is 16.5. The van der Waals surface area contributed by atoms with Crippen LogP contribution in [0.25, 0.3) is 0 Å². The van der Waals surface area contributed by atoms with Crippen molar-refractivity contribution in [1.82, 2.24) is 10.6 Å². The van der Waals surface area contributed by atoms with Gasteiger partial charge in [-0.3, -0.25) is 9.59 Å². The number of hydrogen-bond donors (Lipinski definition) is 3. The lowest BCUT2D eigenvalue weighted by Gasteiger charge is -2.19. The second-order valence-electron chi connectivity index (χ2n) is 5.91. The summed E-state index contributed by atoms with van der Waals surface area (Å²) in [6.45, 7) is 1.89. The van der Waals surface area contributed by atoms with Gasteiger partial charge in [0, 0.05) is 11.8 Å². The molecule has 0 saturated heterocycles. The molecule has 0 bridgehead atoms. The molecule has 1 saturated carbocycles. The highest BCUT2D eigenvalue weighted by atomic mass is 32.1. The third-order valence-electron chi connectivity index (χ3n) is 4.05. The molecule has 0 aromatic carbocycles. The smallest absolute Gasteiger partial charge is 0.261 e. The monoisotopic (exact) mass is 324 g/mol. The first-order chi connectivity index (χ1) is 10.6. The number of thiophene rings is 1. The van der Waals surface area contributed by atoms with Crippen LogP contribution in [-0.4, -0.2) is 29.6 Å². The Hall–Kier alpha value is -1.40. The number of hydrogen-bond acceptors (Lipinski definition) is 4. The number of aliphatic hydroxyl groups is 1. The lowest BCUT2D eigenvalue weighted by Crippen LogP contribution is -2.38. The van der Waals surface area contributed by atoms with E-state index in [1.807, 2.05) is 6.07 Å². The van der Waals surface area contributed by atoms with Crippen LogP contribution in [0.4, 0.5) is 0 Å². The van der Waals surface area contributed by atoms with E-state index in [4.69, 9.17) is 0 Å². The van der Waals surface area contributed by atoms with Crippen molar-refractivity contribution in [1.29, 1.82) is 0 Å². The van der Waals surface area contributed by atoms with Crippen molar-refractivity contribution >= 4 is 23.2 Å². The molecule has 0 spiro atoms. The van der Waals surface area contributed by atoms with Crippen molar-refractivity contribution in [2.75, 3.05) is 6.61 Å². The van der Waals surface area contributed by atoms with E-state index < -0.39 is 0 Å². The molecule has 1 fully saturated rings. The highest BCUT2D eigenvalue weighted by Gasteiger charge is 2.21. The lowest BCUT2D eigenvalue weighted by molar-refractivity contribution is -0.119. The van der Waals surface area contributed by atoms with Crippen LogP contribution in [0.5, 0.6) is 0 Å². The minimum absolute atomic E-state index is 0.0215. The number of rotatable bonds is 7. The summed E-state index contributed by atoms with van der Waals surface area (Å²) in [7, 11) is 0. The van der Waals surface area contributed by atoms with Crippen molar-refractivity contribution in [2.45, 2.75) is 51.6 Å². The molecule has 1 aliphatic carbocycles. The highest BCUT2D eigenvalue weighted by molar-refractivity contribution is 7.14. The third-order valence-corrected chi connectivity index (χ3v) is 5.13. The summed E-state index contributed by atoms with van der Waals surface area (Å²) >= 11 is 1.37. The molecular formula is C16H24N2O3S. The van der Waals surface area contributed by atoms with Gasteiger partial charge in [0.2, 0.25) is 5.91 Å². The zero-order valence-corrected chi connectivity index (χ0v) is 13.7. The van der Waals surface area contributed by atoms with Crippen molar-refractivity contribution in [3.63, 3.8) is 0 Å². The van der Waals surface area contributed by atoms with Crippen LogP contribution in [0.1, 0.15) is 53.6 Å². The fourth-order valence-electron chi connectivity index (χ4n) is 2.89. The van der Waals surface area contributed by atoms with Gasteiger partial charge in [0.05, 0.1) is 24.1 Å². The number of nitrogens with one attached hydrogen (secondary N) is 2. The fraction of sp³-hybridized carbons (Fsp3) is 0.625. The summed E-state index contributed by atoms with van der Waals surface area (Å²) in [5.74, 6) is 0.392. The van der Waals surface area contributed by atoms with Gasteiger partial charge in [-0.25, -0.2) is 0 Å². The molecule has 0 aliphatic heterocycles. The Labute approximate surface area is 135 Å². The molecule has 0 radical (unpaired) electrons. The summed E-state index contributed by atoms with van der Waals surface area (Å²) in [6, 6.07) is 3.44. The van der Waals surface area contributed by atoms with Crippen molar-refractivity contribution < 1.29 is 14.7 Å². The van der Waals surface area contributed by atoms with Crippen LogP contribution in [-0.2, 0) is 11.3 Å². The second-order valence-corrected chi connectivity index (χ2v) is 7.08. The topological polar surface area (TPSA) is 78.4 Å². The zero-order chi connectivity index (χ0) is 15.9. The highest BCUT2D eigenvalue weighted by Crippen LogP contribution is 2.28. The molecule has 1 atom stereocenters. The summed E-state index contributed by atoms with van der Waals surface area (Å²) in [5.41, 5.74) is 0. The zero-order valence-electron chi connectivity index (χ0n) is 12.9. The number of carbonyl (C=O) groups excluding carboxylic acids is 2. The largest absolute Gasteiger partial charge is 0.394 e. The van der Waals surface area contributed by atoms with Crippen LogP contribution in [0.2, 0.25) is 0 Å². The average Bonchev–Trinajstić information content (AvgIpc) is 3.15. The van der Waals surface area contributed by atoms with Gasteiger partial charge in [0.1, 0.15) is 0 Å². The molecule has 2 rings (SSSR count). The van der Waals surface area contributed by atoms with E-state index in [1.165, 1.54) is 43.9 Å². The van der Waals surface area contributed by atoms with Crippen LogP contribution in [0.15, 0.2) is 12.1 Å². The Balaban J connectivity index is 1.85. The van der Waals surface area contributed by atoms with E-state index in [9.17, 15) is 14.7 Å². The van der Waals surface area contributed by atoms with E-state index in [1.54, 1.807) is 6.07 Å². The Bertz CT molecular complexity index is 509. The first kappa shape index (κ1) is 17.0. The Morgan fingerprint density at radius 2 is 2.09 bits per heavy atom. The van der Waals surface area contributed by atoms with Gasteiger partial charge in [-0.15, -0.1) is 11.3 Å². The molecule has 1 heterocycles. The van der Waals surface area contributed by atoms with Gasteiger partial charge in [-0.05, 0) is 24.5 Å². The van der Waals surface area contributed by atoms with Crippen LogP contribution < -0.4 is 10.6 Å². The number of aliphatic hydroxyl groups excluding tert-OH is 1. The molecule has 1 aromatic heterocycles. The maximum atomic E-state index is 12.2. The summed E-state index contributed by atoms with van der Waals surface area (Å²) in [5, 5.41) is 15.1. The van der Waals surface area contributed by atoms with Crippen LogP contribution in [0.3, 0.4) is 0 Å². The first-order valence-corrected chi connectivity index (χ1v) is 8.65. The molecule has 1 unspecified atom stereocenters. The quantitative estimate of drug-likeness (QED) is 0.718. The molecule has 1 aromatic rings. The summed E-state index contributed by atoms with van der Waals surface area (Å²) in [4.78, 5) is 24.7. The van der Waals surface area contributed by atoms with Crippen LogP contribution >= 0.6 is 11.3 Å². The van der Waals surface area contributed by atoms with Crippen molar-refractivity contribution in [3.05, 3.63) is 21.9 Å². The van der Waals surface area contributed by atoms with Gasteiger partial charge in [-0.2, -0.15) is 0 Å². The van der Waals surface area contributed by atoms with E-state index >= 15 is 0 Å².